The molecule has 1 fully saturated rings. The summed E-state index contributed by atoms with van der Waals surface area (Å²) < 4.78 is 14.0. The number of nitrogens with one attached hydrogen (secondary N) is 1. The predicted octanol–water partition coefficient (Wildman–Crippen LogP) is 3.98. The number of rotatable bonds is 4. The molecule has 2 aromatic carbocycles. The van der Waals surface area contributed by atoms with Gasteiger partial charge in [0.25, 0.3) is 5.91 Å². The Kier molecular flexibility index (Phi) is 4.74. The van der Waals surface area contributed by atoms with E-state index in [0.29, 0.717) is 12.2 Å². The highest BCUT2D eigenvalue weighted by atomic mass is 32.2. The van der Waals surface area contributed by atoms with Crippen LogP contribution in [0.25, 0.3) is 16.7 Å². The second-order valence-corrected chi connectivity index (χ2v) is 7.96. The fraction of sp³-hybridized carbons (Fsp3) is 0.238. The number of halogens is 1. The molecule has 3 heterocycles. The first-order valence-corrected chi connectivity index (χ1v) is 10.9. The molecule has 0 saturated carbocycles. The first kappa shape index (κ1) is 18.8. The summed E-state index contributed by atoms with van der Waals surface area (Å²) in [5.74, 6) is 0.0284. The number of thioether (sulfide) groups is 1. The Morgan fingerprint density at radius 3 is 2.87 bits per heavy atom. The summed E-state index contributed by atoms with van der Waals surface area (Å²) in [6.07, 6.45) is 6.71. The third kappa shape index (κ3) is 3.15. The number of carbonyl (C=O) groups is 1. The van der Waals surface area contributed by atoms with Crippen LogP contribution in [-0.2, 0) is 0 Å². The maximum Gasteiger partial charge on any atom is 0.256 e. The second-order valence-electron chi connectivity index (χ2n) is 7.12. The molecule has 1 N–H and O–H groups in total. The molecular formula is C21H19FN6OS. The smallest absolute Gasteiger partial charge is 0.256 e. The van der Waals surface area contributed by atoms with Crippen LogP contribution in [0.3, 0.4) is 0 Å². The van der Waals surface area contributed by atoms with E-state index in [1.54, 1.807) is 16.7 Å². The average molecular weight is 422 g/mol. The molecular weight excluding hydrogens is 403 g/mol. The fourth-order valence-electron chi connectivity index (χ4n) is 3.99. The number of nitrogens with zero attached hydrogens (tertiary/aromatic N) is 5. The molecule has 0 spiro atoms. The Labute approximate surface area is 176 Å². The van der Waals surface area contributed by atoms with Crippen molar-refractivity contribution in [3.63, 3.8) is 0 Å². The van der Waals surface area contributed by atoms with Crippen molar-refractivity contribution in [1.82, 2.24) is 29.9 Å². The third-order valence-electron chi connectivity index (χ3n) is 5.37. The van der Waals surface area contributed by atoms with E-state index in [-0.39, 0.29) is 17.5 Å². The monoisotopic (exact) mass is 422 g/mol. The number of likely N-dealkylation sites (tertiary alicyclic amines) is 1. The number of benzene rings is 2. The summed E-state index contributed by atoms with van der Waals surface area (Å²) in [7, 11) is 0. The molecule has 0 radical (unpaired) electrons. The first-order valence-electron chi connectivity index (χ1n) is 9.65. The van der Waals surface area contributed by atoms with Crippen molar-refractivity contribution in [2.45, 2.75) is 23.8 Å². The molecule has 0 bridgehead atoms. The predicted molar refractivity (Wildman–Crippen MR) is 112 cm³/mol. The molecule has 1 aliphatic rings. The van der Waals surface area contributed by atoms with E-state index in [9.17, 15) is 9.18 Å². The van der Waals surface area contributed by atoms with Crippen molar-refractivity contribution in [3.05, 3.63) is 66.0 Å². The lowest BCUT2D eigenvalue weighted by molar-refractivity contribution is 0.0729. The first-order chi connectivity index (χ1) is 14.7. The van der Waals surface area contributed by atoms with Gasteiger partial charge in [-0.2, -0.15) is 15.0 Å². The maximum atomic E-state index is 14.0. The van der Waals surface area contributed by atoms with Crippen LogP contribution in [0, 0.1) is 5.82 Å². The number of aromatic amines is 1. The van der Waals surface area contributed by atoms with Crippen molar-refractivity contribution in [2.24, 2.45) is 0 Å². The van der Waals surface area contributed by atoms with E-state index < -0.39 is 5.82 Å². The van der Waals surface area contributed by atoms with Gasteiger partial charge in [-0.25, -0.2) is 9.37 Å². The molecule has 7 nitrogen and oxygen atoms in total. The second kappa shape index (κ2) is 7.56. The topological polar surface area (TPSA) is 79.7 Å². The molecule has 1 amide bonds. The molecule has 152 valence electrons. The van der Waals surface area contributed by atoms with Gasteiger partial charge in [-0.1, -0.05) is 6.07 Å². The van der Waals surface area contributed by atoms with Crippen molar-refractivity contribution in [1.29, 1.82) is 0 Å². The van der Waals surface area contributed by atoms with Gasteiger partial charge in [-0.05, 0) is 49.4 Å². The highest BCUT2D eigenvalue weighted by molar-refractivity contribution is 7.98. The van der Waals surface area contributed by atoms with E-state index in [0.717, 1.165) is 34.6 Å². The fourth-order valence-corrected chi connectivity index (χ4v) is 4.55. The van der Waals surface area contributed by atoms with Gasteiger partial charge >= 0.3 is 0 Å². The van der Waals surface area contributed by atoms with Gasteiger partial charge in [0.1, 0.15) is 17.2 Å². The highest BCUT2D eigenvalue weighted by Gasteiger charge is 2.34. The lowest BCUT2D eigenvalue weighted by atomic mass is 10.1. The number of imidazole rings is 1. The van der Waals surface area contributed by atoms with E-state index in [1.807, 2.05) is 24.5 Å². The van der Waals surface area contributed by atoms with Crippen molar-refractivity contribution < 1.29 is 9.18 Å². The average Bonchev–Trinajstić information content (AvgIpc) is 3.52. The summed E-state index contributed by atoms with van der Waals surface area (Å²) >= 11 is 1.64. The molecule has 4 aromatic rings. The zero-order valence-corrected chi connectivity index (χ0v) is 17.1. The standard InChI is InChI=1S/C21H19FN6OS/c1-30-18-6-2-4-15-19(18)26-20(25-15)17-5-3-11-27(17)21(29)14-12-13(22)7-8-16(14)28-23-9-10-24-28/h2,4,6-10,12,17H,3,5,11H2,1H3,(H,25,26). The van der Waals surface area contributed by atoms with Crippen LogP contribution < -0.4 is 0 Å². The SMILES string of the molecule is CSc1cccc2[nH]c(C3CCCN3C(=O)c3cc(F)ccc3-n3nccn3)nc12. The Morgan fingerprint density at radius 2 is 2.07 bits per heavy atom. The van der Waals surface area contributed by atoms with Crippen molar-refractivity contribution >= 4 is 28.7 Å². The Balaban J connectivity index is 1.53. The number of fused-ring (bicyclic) bond motifs is 1. The number of hydrogen-bond acceptors (Lipinski definition) is 5. The molecule has 1 unspecified atom stereocenters. The highest BCUT2D eigenvalue weighted by Crippen LogP contribution is 2.35. The minimum absolute atomic E-state index is 0.193. The summed E-state index contributed by atoms with van der Waals surface area (Å²) in [5.41, 5.74) is 2.54. The number of H-pyrrole nitrogens is 1. The lowest BCUT2D eigenvalue weighted by Crippen LogP contribution is -2.32. The molecule has 1 atom stereocenters. The van der Waals surface area contributed by atoms with Gasteiger partial charge in [-0.15, -0.1) is 11.8 Å². The van der Waals surface area contributed by atoms with Crippen LogP contribution in [0.5, 0.6) is 0 Å². The number of amides is 1. The minimum atomic E-state index is -0.474. The number of para-hydroxylation sites is 1. The van der Waals surface area contributed by atoms with Crippen LogP contribution in [0.1, 0.15) is 35.1 Å². The molecule has 30 heavy (non-hydrogen) atoms. The summed E-state index contributed by atoms with van der Waals surface area (Å²) in [5, 5.41) is 8.20. The van der Waals surface area contributed by atoms with Crippen LogP contribution in [0.15, 0.2) is 53.7 Å². The number of aromatic nitrogens is 5. The maximum absolute atomic E-state index is 14.0. The molecule has 5 rings (SSSR count). The van der Waals surface area contributed by atoms with Gasteiger partial charge in [0.2, 0.25) is 0 Å². The van der Waals surface area contributed by atoms with Gasteiger partial charge in [-0.3, -0.25) is 4.79 Å². The molecule has 2 aromatic heterocycles. The van der Waals surface area contributed by atoms with Gasteiger partial charge < -0.3 is 9.88 Å². The molecule has 1 saturated heterocycles. The quantitative estimate of drug-likeness (QED) is 0.503. The van der Waals surface area contributed by atoms with Gasteiger partial charge in [0.15, 0.2) is 0 Å². The lowest BCUT2D eigenvalue weighted by Gasteiger charge is -2.24. The molecule has 1 aliphatic heterocycles. The number of carbonyl (C=O) groups excluding carboxylic acids is 1. The van der Waals surface area contributed by atoms with Crippen LogP contribution in [0.4, 0.5) is 4.39 Å². The van der Waals surface area contributed by atoms with Gasteiger partial charge in [0, 0.05) is 11.4 Å². The van der Waals surface area contributed by atoms with E-state index in [1.165, 1.54) is 35.4 Å². The normalized spacial score (nSPS) is 16.5. The summed E-state index contributed by atoms with van der Waals surface area (Å²) in [6.45, 7) is 0.582. The van der Waals surface area contributed by atoms with Crippen molar-refractivity contribution in [3.8, 4) is 5.69 Å². The van der Waals surface area contributed by atoms with E-state index in [4.69, 9.17) is 4.98 Å². The molecule has 9 heteroatoms. The van der Waals surface area contributed by atoms with E-state index >= 15 is 0 Å². The van der Waals surface area contributed by atoms with Crippen LogP contribution in [-0.4, -0.2) is 48.6 Å². The largest absolute Gasteiger partial charge is 0.340 e. The Bertz CT molecular complexity index is 1220. The zero-order valence-electron chi connectivity index (χ0n) is 16.2. The summed E-state index contributed by atoms with van der Waals surface area (Å²) in [6, 6.07) is 9.90. The number of hydrogen-bond donors (Lipinski definition) is 1. The Morgan fingerprint density at radius 1 is 1.23 bits per heavy atom. The summed E-state index contributed by atoms with van der Waals surface area (Å²) in [4.78, 5) is 25.9. The molecule has 0 aliphatic carbocycles. The minimum Gasteiger partial charge on any atom is -0.340 e. The van der Waals surface area contributed by atoms with Gasteiger partial charge in [0.05, 0.1) is 35.2 Å². The Hall–Kier alpha value is -3.20. The van der Waals surface area contributed by atoms with E-state index in [2.05, 4.69) is 15.2 Å². The van der Waals surface area contributed by atoms with Crippen LogP contribution >= 0.6 is 11.8 Å². The zero-order chi connectivity index (χ0) is 20.7. The van der Waals surface area contributed by atoms with Crippen LogP contribution in [0.2, 0.25) is 0 Å². The third-order valence-corrected chi connectivity index (χ3v) is 6.14. The van der Waals surface area contributed by atoms with Crippen molar-refractivity contribution in [2.75, 3.05) is 12.8 Å².